The molecule has 0 spiro atoms. The first kappa shape index (κ1) is 28.6. The van der Waals surface area contributed by atoms with E-state index in [9.17, 15) is 13.9 Å². The molecule has 6 N–H and O–H groups in total. The lowest BCUT2D eigenvalue weighted by Gasteiger charge is -2.23. The molecule has 0 saturated carbocycles. The van der Waals surface area contributed by atoms with Gasteiger partial charge in [-0.05, 0) is 69.5 Å². The normalized spacial score (nSPS) is 14.1. The summed E-state index contributed by atoms with van der Waals surface area (Å²) >= 11 is 0. The maximum absolute atomic E-state index is 13.3. The van der Waals surface area contributed by atoms with Crippen molar-refractivity contribution < 1.29 is 18.6 Å². The highest BCUT2D eigenvalue weighted by Gasteiger charge is 2.25. The monoisotopic (exact) mass is 538 g/mol. The molecule has 2 aromatic carbocycles. The number of rotatable bonds is 8. The summed E-state index contributed by atoms with van der Waals surface area (Å²) in [5.41, 5.74) is 9.99. The molecule has 1 unspecified atom stereocenters. The number of hydrazine groups is 1. The van der Waals surface area contributed by atoms with Gasteiger partial charge in [0.15, 0.2) is 12.0 Å². The summed E-state index contributed by atoms with van der Waals surface area (Å²) in [6.45, 7) is 7.82. The van der Waals surface area contributed by atoms with E-state index in [1.54, 1.807) is 61.1 Å². The van der Waals surface area contributed by atoms with Crippen LogP contribution in [0.3, 0.4) is 0 Å². The fourth-order valence-corrected chi connectivity index (χ4v) is 4.22. The van der Waals surface area contributed by atoms with Gasteiger partial charge in [0.25, 0.3) is 0 Å². The maximum atomic E-state index is 13.3. The maximum Gasteiger partial charge on any atom is 0.307 e. The molecule has 0 amide bonds. The van der Waals surface area contributed by atoms with Crippen molar-refractivity contribution in [2.45, 2.75) is 33.1 Å². The Kier molecular flexibility index (Phi) is 8.45. The van der Waals surface area contributed by atoms with E-state index in [2.05, 4.69) is 14.7 Å². The number of nitrogens with one attached hydrogen (secondary N) is 1. The fourth-order valence-electron chi connectivity index (χ4n) is 3.66. The van der Waals surface area contributed by atoms with Gasteiger partial charge in [0.1, 0.15) is 11.4 Å². The number of methoxy groups -OCH3 is 1. The molecule has 0 fully saturated rings. The molecule has 0 saturated heterocycles. The number of hydrogen-bond acceptors (Lipinski definition) is 8. The van der Waals surface area contributed by atoms with Crippen molar-refractivity contribution in [1.29, 1.82) is 0 Å². The van der Waals surface area contributed by atoms with Crippen molar-refractivity contribution >= 4 is 39.1 Å². The van der Waals surface area contributed by atoms with Gasteiger partial charge >= 0.3 is 10.4 Å². The molecule has 1 heterocycles. The third kappa shape index (κ3) is 7.09. The van der Waals surface area contributed by atoms with E-state index in [0.29, 0.717) is 11.4 Å². The van der Waals surface area contributed by atoms with Crippen LogP contribution in [0.5, 0.6) is 5.75 Å². The van der Waals surface area contributed by atoms with E-state index < -0.39 is 16.3 Å². The Morgan fingerprint density at radius 3 is 2.42 bits per heavy atom. The number of nitrogens with zero attached hydrogens (tertiary/aromatic N) is 3. The van der Waals surface area contributed by atoms with Crippen LogP contribution < -0.4 is 31.2 Å². The molecular weight excluding hydrogens is 504 g/mol. The first-order chi connectivity index (χ1) is 17.7. The molecule has 3 rings (SSSR count). The molecule has 0 radical (unpaired) electrons. The van der Waals surface area contributed by atoms with Crippen LogP contribution in [-0.2, 0) is 20.0 Å². The topological polar surface area (TPSA) is 162 Å². The summed E-state index contributed by atoms with van der Waals surface area (Å²) < 4.78 is 30.1. The lowest BCUT2D eigenvalue weighted by atomic mass is 9.86. The molecule has 202 valence electrons. The van der Waals surface area contributed by atoms with Crippen LogP contribution in [0.2, 0.25) is 0 Å². The Hall–Kier alpha value is -3.93. The van der Waals surface area contributed by atoms with E-state index in [0.717, 1.165) is 22.9 Å². The molecule has 10 nitrogen and oxygen atoms in total. The van der Waals surface area contributed by atoms with E-state index >= 15 is 0 Å². The third-order valence-electron chi connectivity index (χ3n) is 5.69. The standard InChI is InChI=1S/C27H34N6O4S/c1-17-7-8-19(13-24(17)33(29)16-21(28)18-9-11-30-12-10-18)26(34)31-22-14-20(27(2,3)4)15-23(25(22)37-5)32-38(6,35)36/h7-16H,28-29H2,1-6H3,(H2-,31,32,34,35,36)/b21-16-. The average Bonchev–Trinajstić information content (AvgIpc) is 2.83. The van der Waals surface area contributed by atoms with Gasteiger partial charge in [-0.1, -0.05) is 32.9 Å². The highest BCUT2D eigenvalue weighted by molar-refractivity contribution is 7.98. The lowest BCUT2D eigenvalue weighted by Crippen LogP contribution is -2.27. The largest absolute Gasteiger partial charge is 0.858 e. The second-order valence-electron chi connectivity index (χ2n) is 9.88. The number of anilines is 2. The lowest BCUT2D eigenvalue weighted by molar-refractivity contribution is -0.212. The predicted molar refractivity (Wildman–Crippen MR) is 152 cm³/mol. The van der Waals surface area contributed by atoms with Gasteiger partial charge in [-0.25, -0.2) is 5.84 Å². The Bertz CT molecular complexity index is 1410. The number of aliphatic imine (C=N–C) groups is 1. The summed E-state index contributed by atoms with van der Waals surface area (Å²) in [5, 5.41) is 14.7. The van der Waals surface area contributed by atoms with Crippen molar-refractivity contribution in [3.63, 3.8) is 0 Å². The predicted octanol–water partition coefficient (Wildman–Crippen LogP) is 3.70. The number of nitrogens with two attached hydrogens (primary N) is 2. The molecule has 1 atom stereocenters. The number of aryl methyl sites for hydroxylation is 1. The van der Waals surface area contributed by atoms with E-state index in [-0.39, 0.29) is 28.1 Å². The van der Waals surface area contributed by atoms with Crippen molar-refractivity contribution in [3.05, 3.63) is 83.3 Å². The van der Waals surface area contributed by atoms with Crippen LogP contribution in [0.15, 0.2) is 66.1 Å². The van der Waals surface area contributed by atoms with E-state index in [1.807, 2.05) is 27.7 Å². The van der Waals surface area contributed by atoms with Gasteiger partial charge < -0.3 is 15.6 Å². The van der Waals surface area contributed by atoms with Crippen LogP contribution in [-0.4, -0.2) is 28.8 Å². The second-order valence-corrected chi connectivity index (χ2v) is 11.7. The van der Waals surface area contributed by atoms with E-state index in [4.69, 9.17) is 16.3 Å². The van der Waals surface area contributed by atoms with Gasteiger partial charge in [-0.3, -0.25) is 15.0 Å². The van der Waals surface area contributed by atoms with Gasteiger partial charge in [0, 0.05) is 24.2 Å². The number of aromatic nitrogens is 1. The quantitative estimate of drug-likeness (QED) is 0.111. The van der Waals surface area contributed by atoms with Gasteiger partial charge in [0.2, 0.25) is 0 Å². The van der Waals surface area contributed by atoms with Gasteiger partial charge in [-0.15, -0.1) is 0 Å². The molecule has 38 heavy (non-hydrogen) atoms. The van der Waals surface area contributed by atoms with Gasteiger partial charge in [-0.2, -0.15) is 9.27 Å². The van der Waals surface area contributed by atoms with Crippen molar-refractivity contribution in [1.82, 2.24) is 4.98 Å². The number of benzene rings is 2. The van der Waals surface area contributed by atoms with Crippen LogP contribution >= 0.6 is 0 Å². The van der Waals surface area contributed by atoms with Crippen molar-refractivity contribution in [3.8, 4) is 5.75 Å². The molecule has 3 aromatic rings. The number of pyridine rings is 1. The summed E-state index contributed by atoms with van der Waals surface area (Å²) in [4.78, 5) is 8.30. The minimum Gasteiger partial charge on any atom is -0.858 e. The SMILES string of the molecule is COc1c(N=C([O-])c2ccc(C)c(N(N)/C=C(\N)c3ccncc3)c2)cc(C(C)(C)C)cc1N[S+](C)(=O)O. The minimum absolute atomic E-state index is 0.177. The molecule has 0 aliphatic heterocycles. The minimum atomic E-state index is -3.36. The van der Waals surface area contributed by atoms with E-state index in [1.165, 1.54) is 12.1 Å². The summed E-state index contributed by atoms with van der Waals surface area (Å²) in [5.74, 6) is 5.92. The highest BCUT2D eigenvalue weighted by Crippen LogP contribution is 2.41. The summed E-state index contributed by atoms with van der Waals surface area (Å²) in [7, 11) is -1.96. The molecular formula is C27H34N6O4S. The fraction of sp³-hybridized carbons (Fsp3) is 0.259. The second kappa shape index (κ2) is 11.2. The zero-order valence-corrected chi connectivity index (χ0v) is 23.2. The van der Waals surface area contributed by atoms with Crippen LogP contribution in [0, 0.1) is 6.92 Å². The molecule has 1 aromatic heterocycles. The Morgan fingerprint density at radius 2 is 1.84 bits per heavy atom. The molecule has 11 heteroatoms. The molecule has 0 aliphatic carbocycles. The average molecular weight is 539 g/mol. The van der Waals surface area contributed by atoms with Gasteiger partial charge in [0.05, 0.1) is 18.5 Å². The smallest absolute Gasteiger partial charge is 0.307 e. The molecule has 0 aliphatic rings. The van der Waals surface area contributed by atoms with Crippen LogP contribution in [0.1, 0.15) is 43.0 Å². The number of hydrogen-bond donors (Lipinski definition) is 4. The first-order valence-electron chi connectivity index (χ1n) is 11.7. The zero-order valence-electron chi connectivity index (χ0n) is 22.4. The zero-order chi connectivity index (χ0) is 28.3. The highest BCUT2D eigenvalue weighted by atomic mass is 32.3. The van der Waals surface area contributed by atoms with Crippen LogP contribution in [0.4, 0.5) is 17.1 Å². The molecule has 0 bridgehead atoms. The Balaban J connectivity index is 2.07. The Morgan fingerprint density at radius 1 is 1.18 bits per heavy atom. The number of ether oxygens (including phenoxy) is 1. The Labute approximate surface area is 224 Å². The van der Waals surface area contributed by atoms with Crippen molar-refractivity contribution in [2.75, 3.05) is 23.1 Å². The first-order valence-corrected chi connectivity index (χ1v) is 13.6. The van der Waals surface area contributed by atoms with Crippen molar-refractivity contribution in [2.24, 2.45) is 16.6 Å². The van der Waals surface area contributed by atoms with Crippen LogP contribution in [0.25, 0.3) is 5.70 Å². The summed E-state index contributed by atoms with van der Waals surface area (Å²) in [6, 6.07) is 12.0. The third-order valence-corrected chi connectivity index (χ3v) is 6.29. The summed E-state index contributed by atoms with van der Waals surface area (Å²) in [6.07, 6.45) is 5.98.